The minimum absolute atomic E-state index is 0.0683. The van der Waals surface area contributed by atoms with Crippen molar-refractivity contribution in [2.24, 2.45) is 5.92 Å². The van der Waals surface area contributed by atoms with Crippen molar-refractivity contribution >= 4 is 11.8 Å². The fraction of sp³-hybridized carbons (Fsp3) is 0.706. The lowest BCUT2D eigenvalue weighted by molar-refractivity contribution is -0.134. The van der Waals surface area contributed by atoms with Gasteiger partial charge in [0.15, 0.2) is 0 Å². The SMILES string of the molecule is CC(C)CCC(=O)N1Cc2ccnn2[C@@H](CN2CCCC2=O)C1. The Kier molecular flexibility index (Phi) is 4.68. The smallest absolute Gasteiger partial charge is 0.223 e. The highest BCUT2D eigenvalue weighted by molar-refractivity contribution is 5.78. The minimum Gasteiger partial charge on any atom is -0.340 e. The summed E-state index contributed by atoms with van der Waals surface area (Å²) in [4.78, 5) is 28.3. The summed E-state index contributed by atoms with van der Waals surface area (Å²) in [6.45, 7) is 7.03. The molecule has 1 atom stereocenters. The summed E-state index contributed by atoms with van der Waals surface area (Å²) in [6, 6.07) is 2.04. The maximum Gasteiger partial charge on any atom is 0.223 e. The summed E-state index contributed by atoms with van der Waals surface area (Å²) in [5, 5.41) is 4.41. The highest BCUT2D eigenvalue weighted by atomic mass is 16.2. The quantitative estimate of drug-likeness (QED) is 0.832. The van der Waals surface area contributed by atoms with Gasteiger partial charge in [-0.1, -0.05) is 13.8 Å². The maximum absolute atomic E-state index is 12.5. The highest BCUT2D eigenvalue weighted by Gasteiger charge is 2.31. The number of likely N-dealkylation sites (tertiary alicyclic amines) is 1. The van der Waals surface area contributed by atoms with E-state index in [1.807, 2.05) is 20.5 Å². The lowest BCUT2D eigenvalue weighted by Gasteiger charge is -2.36. The van der Waals surface area contributed by atoms with Gasteiger partial charge in [-0.3, -0.25) is 14.3 Å². The molecule has 1 saturated heterocycles. The molecule has 1 aromatic heterocycles. The molecule has 1 fully saturated rings. The molecule has 0 aliphatic carbocycles. The molecular formula is C17H26N4O2. The standard InChI is InChI=1S/C17H26N4O2/c1-13(2)5-6-17(23)20-10-14-7-8-18-21(14)15(12-20)11-19-9-3-4-16(19)22/h7-8,13,15H,3-6,9-12H2,1-2H3/t15-/m0/s1. The predicted octanol–water partition coefficient (Wildman–Crippen LogP) is 1.82. The van der Waals surface area contributed by atoms with Gasteiger partial charge in [-0.2, -0.15) is 5.10 Å². The van der Waals surface area contributed by atoms with E-state index in [0.29, 0.717) is 38.4 Å². The molecule has 2 aliphatic rings. The first-order valence-corrected chi connectivity index (χ1v) is 8.62. The molecule has 2 amide bonds. The molecule has 1 aromatic rings. The first-order chi connectivity index (χ1) is 11.0. The third-order valence-electron chi connectivity index (χ3n) is 4.77. The summed E-state index contributed by atoms with van der Waals surface area (Å²) in [7, 11) is 0. The van der Waals surface area contributed by atoms with Gasteiger partial charge in [0.05, 0.1) is 18.3 Å². The number of fused-ring (bicyclic) bond motifs is 1. The second kappa shape index (κ2) is 6.72. The van der Waals surface area contributed by atoms with Crippen LogP contribution in [0.5, 0.6) is 0 Å². The van der Waals surface area contributed by atoms with Gasteiger partial charge in [-0.25, -0.2) is 0 Å². The van der Waals surface area contributed by atoms with Crippen LogP contribution in [-0.2, 0) is 16.1 Å². The summed E-state index contributed by atoms with van der Waals surface area (Å²) in [5.41, 5.74) is 1.06. The molecule has 3 heterocycles. The predicted molar refractivity (Wildman–Crippen MR) is 86.6 cm³/mol. The zero-order valence-corrected chi connectivity index (χ0v) is 14.1. The van der Waals surface area contributed by atoms with Crippen LogP contribution in [0.4, 0.5) is 0 Å². The molecule has 23 heavy (non-hydrogen) atoms. The van der Waals surface area contributed by atoms with Crippen LogP contribution in [0.3, 0.4) is 0 Å². The average molecular weight is 318 g/mol. The Hall–Kier alpha value is -1.85. The van der Waals surface area contributed by atoms with Crippen LogP contribution in [0.1, 0.15) is 51.3 Å². The third-order valence-corrected chi connectivity index (χ3v) is 4.77. The average Bonchev–Trinajstić information content (AvgIpc) is 3.14. The number of hydrogen-bond acceptors (Lipinski definition) is 3. The van der Waals surface area contributed by atoms with Crippen molar-refractivity contribution < 1.29 is 9.59 Å². The Bertz CT molecular complexity index is 581. The zero-order chi connectivity index (χ0) is 16.4. The third kappa shape index (κ3) is 3.57. The maximum atomic E-state index is 12.5. The monoisotopic (exact) mass is 318 g/mol. The van der Waals surface area contributed by atoms with E-state index in [1.165, 1.54) is 0 Å². The van der Waals surface area contributed by atoms with Crippen molar-refractivity contribution in [2.75, 3.05) is 19.6 Å². The Morgan fingerprint density at radius 1 is 1.43 bits per heavy atom. The number of carbonyl (C=O) groups is 2. The fourth-order valence-electron chi connectivity index (χ4n) is 3.43. The summed E-state index contributed by atoms with van der Waals surface area (Å²) in [5.74, 6) is 0.971. The van der Waals surface area contributed by atoms with Gasteiger partial charge in [-0.15, -0.1) is 0 Å². The van der Waals surface area contributed by atoms with Crippen LogP contribution in [0.2, 0.25) is 0 Å². The Morgan fingerprint density at radius 2 is 2.26 bits per heavy atom. The second-order valence-corrected chi connectivity index (χ2v) is 7.07. The molecule has 0 N–H and O–H groups in total. The van der Waals surface area contributed by atoms with Crippen LogP contribution in [0.15, 0.2) is 12.3 Å². The van der Waals surface area contributed by atoms with Crippen molar-refractivity contribution in [3.8, 4) is 0 Å². The van der Waals surface area contributed by atoms with Gasteiger partial charge < -0.3 is 9.80 Å². The number of carbonyl (C=O) groups excluding carboxylic acids is 2. The molecule has 0 saturated carbocycles. The Morgan fingerprint density at radius 3 is 2.96 bits per heavy atom. The van der Waals surface area contributed by atoms with Crippen LogP contribution in [-0.4, -0.2) is 51.0 Å². The van der Waals surface area contributed by atoms with Gasteiger partial charge in [0, 0.05) is 38.7 Å². The van der Waals surface area contributed by atoms with Crippen LogP contribution in [0, 0.1) is 5.92 Å². The van der Waals surface area contributed by atoms with E-state index in [9.17, 15) is 9.59 Å². The van der Waals surface area contributed by atoms with Gasteiger partial charge in [0.25, 0.3) is 0 Å². The van der Waals surface area contributed by atoms with Crippen molar-refractivity contribution in [2.45, 2.75) is 52.1 Å². The van der Waals surface area contributed by atoms with E-state index in [0.717, 1.165) is 25.1 Å². The summed E-state index contributed by atoms with van der Waals surface area (Å²) >= 11 is 0. The number of hydrogen-bond donors (Lipinski definition) is 0. The molecule has 2 aliphatic heterocycles. The van der Waals surface area contributed by atoms with E-state index < -0.39 is 0 Å². The van der Waals surface area contributed by atoms with Crippen LogP contribution >= 0.6 is 0 Å². The molecule has 0 bridgehead atoms. The van der Waals surface area contributed by atoms with Gasteiger partial charge in [-0.05, 0) is 24.8 Å². The van der Waals surface area contributed by atoms with Gasteiger partial charge >= 0.3 is 0 Å². The van der Waals surface area contributed by atoms with E-state index >= 15 is 0 Å². The van der Waals surface area contributed by atoms with Crippen molar-refractivity contribution in [1.82, 2.24) is 19.6 Å². The molecule has 0 unspecified atom stereocenters. The van der Waals surface area contributed by atoms with E-state index in [1.54, 1.807) is 6.20 Å². The van der Waals surface area contributed by atoms with E-state index in [2.05, 4.69) is 18.9 Å². The molecule has 3 rings (SSSR count). The Labute approximate surface area is 137 Å². The highest BCUT2D eigenvalue weighted by Crippen LogP contribution is 2.24. The molecular weight excluding hydrogens is 292 g/mol. The van der Waals surface area contributed by atoms with Crippen LogP contribution in [0.25, 0.3) is 0 Å². The fourth-order valence-corrected chi connectivity index (χ4v) is 3.43. The van der Waals surface area contributed by atoms with E-state index in [4.69, 9.17) is 0 Å². The van der Waals surface area contributed by atoms with E-state index in [-0.39, 0.29) is 17.9 Å². The summed E-state index contributed by atoms with van der Waals surface area (Å²) in [6.07, 6.45) is 4.89. The topological polar surface area (TPSA) is 58.4 Å². The van der Waals surface area contributed by atoms with Crippen molar-refractivity contribution in [1.29, 1.82) is 0 Å². The minimum atomic E-state index is 0.0683. The normalized spacial score (nSPS) is 21.2. The number of rotatable bonds is 5. The number of amides is 2. The van der Waals surface area contributed by atoms with Gasteiger partial charge in [0.1, 0.15) is 0 Å². The summed E-state index contributed by atoms with van der Waals surface area (Å²) < 4.78 is 2.00. The lowest BCUT2D eigenvalue weighted by atomic mass is 10.1. The molecule has 0 spiro atoms. The zero-order valence-electron chi connectivity index (χ0n) is 14.1. The Balaban J connectivity index is 1.69. The van der Waals surface area contributed by atoms with Crippen molar-refractivity contribution in [3.63, 3.8) is 0 Å². The van der Waals surface area contributed by atoms with Crippen LogP contribution < -0.4 is 0 Å². The lowest BCUT2D eigenvalue weighted by Crippen LogP contribution is -2.45. The largest absolute Gasteiger partial charge is 0.340 e. The second-order valence-electron chi connectivity index (χ2n) is 7.07. The number of aromatic nitrogens is 2. The number of nitrogens with zero attached hydrogens (tertiary/aromatic N) is 4. The molecule has 0 radical (unpaired) electrons. The molecule has 126 valence electrons. The van der Waals surface area contributed by atoms with Gasteiger partial charge in [0.2, 0.25) is 11.8 Å². The first kappa shape index (κ1) is 16.0. The molecule has 0 aromatic carbocycles. The molecule has 6 heteroatoms. The molecule has 6 nitrogen and oxygen atoms in total. The first-order valence-electron chi connectivity index (χ1n) is 8.62. The van der Waals surface area contributed by atoms with Crippen molar-refractivity contribution in [3.05, 3.63) is 18.0 Å².